The lowest BCUT2D eigenvalue weighted by atomic mass is 9.75. The zero-order valence-electron chi connectivity index (χ0n) is 42.6. The van der Waals surface area contributed by atoms with E-state index in [-0.39, 0.29) is 52.2 Å². The quantitative estimate of drug-likeness (QED) is 0.0581. The molecule has 2 unspecified atom stereocenters. The molecule has 0 amide bonds. The second-order valence-electron chi connectivity index (χ2n) is 21.7. The number of ether oxygens (including phenoxy) is 4. The van der Waals surface area contributed by atoms with Crippen LogP contribution in [-0.4, -0.2) is 70.6 Å². The lowest BCUT2D eigenvalue weighted by Crippen LogP contribution is -2.41. The van der Waals surface area contributed by atoms with E-state index in [1.54, 1.807) is 0 Å². The average molecular weight is 1010 g/mol. The van der Waals surface area contributed by atoms with Crippen LogP contribution in [0.1, 0.15) is 163 Å². The molecule has 0 bridgehead atoms. The molecule has 5 fully saturated rings. The normalized spacial score (nSPS) is 21.7. The van der Waals surface area contributed by atoms with Crippen LogP contribution in [-0.2, 0) is 28.9 Å². The van der Waals surface area contributed by atoms with E-state index in [1.807, 2.05) is 56.3 Å². The van der Waals surface area contributed by atoms with Gasteiger partial charge in [-0.05, 0) is 178 Å². The highest BCUT2D eigenvalue weighted by molar-refractivity contribution is 7.88. The molecule has 1 saturated heterocycles. The number of esters is 2. The molecule has 1 aliphatic heterocycles. The molecule has 0 radical (unpaired) electrons. The topological polar surface area (TPSA) is 133 Å². The van der Waals surface area contributed by atoms with Crippen LogP contribution in [0.4, 0.5) is 13.2 Å². The standard InChI is InChI=1S/C24H28O3.C16H19F3O5S.C15H21BO3/c1-24(2)13-5-8-22(24)21-15-17(23(25)26-3)9-12-20(21)16-6-4-7-19(14-16)27-18-10-11-18;1-15(2)8-4-5-12(15)11-9-10(14(20)23-3)6-7-13(11)24-25(21,22)16(17,18)19;1-14(2)15(3,4)19-16(18-14)11-6-5-7-13(10-11)17-12-8-9-12/h4,6-7,9,12,14-15,18,22H,5,8,10-11,13H2,1-3H3;6-7,9,12H,4-5,8H2,1-3H3;5-7,10,12H,8-9H2,1-4H3. The maximum atomic E-state index is 12.7. The second-order valence-corrected chi connectivity index (χ2v) is 23.2. The maximum absolute atomic E-state index is 12.7. The number of carbonyl (C=O) groups is 2. The smallest absolute Gasteiger partial charge is 0.490 e. The molecule has 4 aromatic rings. The molecule has 384 valence electrons. The van der Waals surface area contributed by atoms with Gasteiger partial charge in [0.1, 0.15) is 17.2 Å². The molecule has 2 atom stereocenters. The molecule has 16 heteroatoms. The van der Waals surface area contributed by atoms with Gasteiger partial charge in [-0.2, -0.15) is 21.6 Å². The van der Waals surface area contributed by atoms with Crippen LogP contribution in [0.5, 0.6) is 17.2 Å². The van der Waals surface area contributed by atoms with Gasteiger partial charge < -0.3 is 32.4 Å². The summed E-state index contributed by atoms with van der Waals surface area (Å²) < 4.78 is 98.6. The SMILES string of the molecule is CC1(C)OB(c2cccc(OC3CC3)c2)OC1(C)C.COC(=O)c1ccc(-c2cccc(OC3CC3)c2)c(C2CCCC2(C)C)c1.COC(=O)c1ccc(OS(=O)(=O)C(F)(F)F)c(C2CCCC2(C)C)c1. The Morgan fingerprint density at radius 3 is 1.58 bits per heavy atom. The lowest BCUT2D eigenvalue weighted by molar-refractivity contribution is -0.0500. The van der Waals surface area contributed by atoms with Crippen molar-refractivity contribution in [2.75, 3.05) is 14.2 Å². The number of hydrogen-bond acceptors (Lipinski definition) is 11. The van der Waals surface area contributed by atoms with Crippen molar-refractivity contribution in [1.29, 1.82) is 0 Å². The number of carbonyl (C=O) groups excluding carboxylic acids is 2. The van der Waals surface area contributed by atoms with Gasteiger partial charge in [-0.1, -0.05) is 70.9 Å². The monoisotopic (exact) mass is 1000 g/mol. The van der Waals surface area contributed by atoms with Gasteiger partial charge in [0.15, 0.2) is 0 Å². The van der Waals surface area contributed by atoms with Crippen LogP contribution in [0.2, 0.25) is 0 Å². The Morgan fingerprint density at radius 1 is 0.620 bits per heavy atom. The molecular formula is C55H68BF3O11S. The first-order valence-electron chi connectivity index (χ1n) is 24.6. The molecule has 4 aromatic carbocycles. The summed E-state index contributed by atoms with van der Waals surface area (Å²) in [7, 11) is -3.49. The van der Waals surface area contributed by atoms with E-state index >= 15 is 0 Å². The van der Waals surface area contributed by atoms with Crippen molar-refractivity contribution >= 4 is 34.6 Å². The number of halogens is 3. The molecule has 11 nitrogen and oxygen atoms in total. The summed E-state index contributed by atoms with van der Waals surface area (Å²) in [4.78, 5) is 23.9. The fourth-order valence-electron chi connectivity index (χ4n) is 9.68. The van der Waals surface area contributed by atoms with Crippen LogP contribution in [0, 0.1) is 10.8 Å². The molecule has 4 aliphatic carbocycles. The van der Waals surface area contributed by atoms with E-state index in [0.717, 1.165) is 60.7 Å². The predicted octanol–water partition coefficient (Wildman–Crippen LogP) is 12.5. The summed E-state index contributed by atoms with van der Waals surface area (Å²) >= 11 is 0. The molecule has 0 spiro atoms. The van der Waals surface area contributed by atoms with Gasteiger partial charge in [-0.15, -0.1) is 0 Å². The molecule has 0 aromatic heterocycles. The Labute approximate surface area is 417 Å². The van der Waals surface area contributed by atoms with Crippen molar-refractivity contribution in [2.24, 2.45) is 10.8 Å². The van der Waals surface area contributed by atoms with Gasteiger partial charge in [0.25, 0.3) is 0 Å². The predicted molar refractivity (Wildman–Crippen MR) is 267 cm³/mol. The minimum atomic E-state index is -5.79. The van der Waals surface area contributed by atoms with Crippen molar-refractivity contribution in [1.82, 2.24) is 0 Å². The zero-order valence-corrected chi connectivity index (χ0v) is 43.4. The van der Waals surface area contributed by atoms with E-state index in [0.29, 0.717) is 30.1 Å². The molecule has 0 N–H and O–H groups in total. The third kappa shape index (κ3) is 12.8. The van der Waals surface area contributed by atoms with Crippen LogP contribution in [0.25, 0.3) is 11.1 Å². The highest BCUT2D eigenvalue weighted by atomic mass is 32.2. The Kier molecular flexibility index (Phi) is 15.8. The maximum Gasteiger partial charge on any atom is 0.534 e. The first-order chi connectivity index (χ1) is 33.2. The summed E-state index contributed by atoms with van der Waals surface area (Å²) in [5, 5.41) is 0. The van der Waals surface area contributed by atoms with Crippen molar-refractivity contribution in [2.45, 2.75) is 160 Å². The first kappa shape index (κ1) is 53.7. The number of hydrogen-bond donors (Lipinski definition) is 0. The molecule has 1 heterocycles. The summed E-state index contributed by atoms with van der Waals surface area (Å²) in [6, 6.07) is 26.0. The van der Waals surface area contributed by atoms with E-state index < -0.39 is 27.3 Å². The zero-order chi connectivity index (χ0) is 51.7. The van der Waals surface area contributed by atoms with Gasteiger partial charge in [0.2, 0.25) is 0 Å². The van der Waals surface area contributed by atoms with Crippen LogP contribution < -0.4 is 19.1 Å². The lowest BCUT2D eigenvalue weighted by Gasteiger charge is -2.32. The highest BCUT2D eigenvalue weighted by Gasteiger charge is 2.52. The average Bonchev–Trinajstić information content (AvgIpc) is 4.23. The van der Waals surface area contributed by atoms with E-state index in [9.17, 15) is 31.2 Å². The fraction of sp³-hybridized carbons (Fsp3) is 0.527. The number of rotatable bonds is 12. The Hall–Kier alpha value is -5.06. The van der Waals surface area contributed by atoms with Gasteiger partial charge >= 0.3 is 34.7 Å². The van der Waals surface area contributed by atoms with Crippen LogP contribution in [0.15, 0.2) is 84.9 Å². The minimum Gasteiger partial charge on any atom is -0.490 e. The molecule has 9 rings (SSSR count). The van der Waals surface area contributed by atoms with E-state index in [2.05, 4.69) is 74.7 Å². The van der Waals surface area contributed by atoms with Gasteiger partial charge in [0, 0.05) is 5.56 Å². The largest absolute Gasteiger partial charge is 0.534 e. The summed E-state index contributed by atoms with van der Waals surface area (Å²) in [6.07, 6.45) is 11.3. The Balaban J connectivity index is 0.000000159. The Morgan fingerprint density at radius 2 is 1.10 bits per heavy atom. The number of benzene rings is 4. The summed E-state index contributed by atoms with van der Waals surface area (Å²) in [5.74, 6) is 0.690. The molecule has 71 heavy (non-hydrogen) atoms. The van der Waals surface area contributed by atoms with Crippen LogP contribution >= 0.6 is 0 Å². The van der Waals surface area contributed by atoms with Crippen molar-refractivity contribution in [3.8, 4) is 28.4 Å². The first-order valence-corrected chi connectivity index (χ1v) is 26.0. The third-order valence-electron chi connectivity index (χ3n) is 14.8. The van der Waals surface area contributed by atoms with Crippen molar-refractivity contribution in [3.63, 3.8) is 0 Å². The van der Waals surface area contributed by atoms with E-state index in [4.69, 9.17) is 23.5 Å². The minimum absolute atomic E-state index is 0.122. The number of alkyl halides is 3. The fourth-order valence-corrected chi connectivity index (χ4v) is 10.2. The molecule has 4 saturated carbocycles. The third-order valence-corrected chi connectivity index (χ3v) is 15.8. The van der Waals surface area contributed by atoms with E-state index in [1.165, 1.54) is 63.2 Å². The van der Waals surface area contributed by atoms with Crippen LogP contribution in [0.3, 0.4) is 0 Å². The van der Waals surface area contributed by atoms with Gasteiger partial charge in [-0.3, -0.25) is 0 Å². The summed E-state index contributed by atoms with van der Waals surface area (Å²) in [5.41, 5.74) is -0.529. The van der Waals surface area contributed by atoms with Crippen molar-refractivity contribution < 1.29 is 63.6 Å². The van der Waals surface area contributed by atoms with Gasteiger partial charge in [0.05, 0.1) is 48.8 Å². The second kappa shape index (κ2) is 20.8. The summed E-state index contributed by atoms with van der Waals surface area (Å²) in [6.45, 7) is 16.8. The Bertz CT molecular complexity index is 2660. The molecular weight excluding hydrogens is 936 g/mol. The van der Waals surface area contributed by atoms with Gasteiger partial charge in [-0.25, -0.2) is 9.59 Å². The molecule has 5 aliphatic rings. The van der Waals surface area contributed by atoms with Crippen molar-refractivity contribution in [3.05, 3.63) is 107 Å². The highest BCUT2D eigenvalue weighted by Crippen LogP contribution is 2.53. The number of methoxy groups -OCH3 is 2.